The van der Waals surface area contributed by atoms with Gasteiger partial charge in [-0.25, -0.2) is 21.1 Å². The summed E-state index contributed by atoms with van der Waals surface area (Å²) >= 11 is 5.91. The lowest BCUT2D eigenvalue weighted by atomic mass is 10.2. The first kappa shape index (κ1) is 20.4. The zero-order valence-electron chi connectivity index (χ0n) is 14.9. The molecule has 3 rings (SSSR count). The molecule has 0 bridgehead atoms. The number of rotatable bonds is 5. The van der Waals surface area contributed by atoms with Gasteiger partial charge in [0, 0.05) is 5.02 Å². The Kier molecular flexibility index (Phi) is 5.30. The highest BCUT2D eigenvalue weighted by atomic mass is 35.5. The van der Waals surface area contributed by atoms with Crippen LogP contribution in [0.3, 0.4) is 0 Å². The molecule has 0 radical (unpaired) electrons. The highest BCUT2D eigenvalue weighted by Crippen LogP contribution is 2.31. The van der Waals surface area contributed by atoms with Gasteiger partial charge >= 0.3 is 0 Å². The molecule has 2 aromatic carbocycles. The third kappa shape index (κ3) is 3.80. The van der Waals surface area contributed by atoms with Crippen LogP contribution >= 0.6 is 11.6 Å². The second kappa shape index (κ2) is 7.26. The zero-order chi connectivity index (χ0) is 20.7. The Balaban J connectivity index is 1.91. The summed E-state index contributed by atoms with van der Waals surface area (Å²) in [6, 6.07) is 9.48. The molecule has 1 heterocycles. The number of carbonyl (C=O) groups is 1. The summed E-state index contributed by atoms with van der Waals surface area (Å²) in [5.41, 5.74) is 0.249. The number of hydrogen-bond donors (Lipinski definition) is 1. The van der Waals surface area contributed by atoms with Gasteiger partial charge in [-0.15, -0.1) is 0 Å². The molecule has 1 amide bonds. The lowest BCUT2D eigenvalue weighted by molar-refractivity contribution is -0.119. The number of carbonyl (C=O) groups excluding carboxylic acids is 1. The Morgan fingerprint density at radius 2 is 1.82 bits per heavy atom. The predicted molar refractivity (Wildman–Crippen MR) is 106 cm³/mol. The molecule has 1 fully saturated rings. The maximum Gasteiger partial charge on any atom is 0.262 e. The van der Waals surface area contributed by atoms with Gasteiger partial charge in [0.25, 0.3) is 10.0 Å². The van der Waals surface area contributed by atoms with E-state index in [2.05, 4.69) is 4.72 Å². The standard InChI is InChI=1S/C17H17ClN2O6S2/c1-11-10-27(22,23)20(17(11)21)13-4-6-14(7-5-13)28(24,25)19-15-9-12(18)3-8-16(15)26-2/h3-9,11,19H,10H2,1-2H3/t11-/m0/s1. The van der Waals surface area contributed by atoms with Crippen molar-refractivity contribution in [1.82, 2.24) is 0 Å². The van der Waals surface area contributed by atoms with Crippen molar-refractivity contribution in [3.8, 4) is 5.75 Å². The van der Waals surface area contributed by atoms with Crippen LogP contribution in [0.1, 0.15) is 6.92 Å². The van der Waals surface area contributed by atoms with Crippen molar-refractivity contribution in [2.45, 2.75) is 11.8 Å². The maximum atomic E-state index is 12.6. The smallest absolute Gasteiger partial charge is 0.262 e. The van der Waals surface area contributed by atoms with Crippen LogP contribution in [0.5, 0.6) is 5.75 Å². The molecule has 0 aromatic heterocycles. The fourth-order valence-corrected chi connectivity index (χ4v) is 5.87. The topological polar surface area (TPSA) is 110 Å². The molecule has 0 aliphatic carbocycles. The van der Waals surface area contributed by atoms with E-state index in [4.69, 9.17) is 16.3 Å². The van der Waals surface area contributed by atoms with Gasteiger partial charge < -0.3 is 4.74 Å². The highest BCUT2D eigenvalue weighted by molar-refractivity contribution is 7.94. The molecule has 11 heteroatoms. The molecule has 150 valence electrons. The second-order valence-corrected chi connectivity index (χ2v) is 10.2. The molecule has 0 unspecified atom stereocenters. The van der Waals surface area contributed by atoms with E-state index in [9.17, 15) is 21.6 Å². The Labute approximate surface area is 168 Å². The second-order valence-electron chi connectivity index (χ2n) is 6.23. The van der Waals surface area contributed by atoms with Crippen LogP contribution in [0.15, 0.2) is 47.4 Å². The van der Waals surface area contributed by atoms with Crippen molar-refractivity contribution in [1.29, 1.82) is 0 Å². The number of nitrogens with zero attached hydrogens (tertiary/aromatic N) is 1. The van der Waals surface area contributed by atoms with E-state index in [0.717, 1.165) is 0 Å². The predicted octanol–water partition coefficient (Wildman–Crippen LogP) is 2.46. The Morgan fingerprint density at radius 1 is 1.18 bits per heavy atom. The van der Waals surface area contributed by atoms with Crippen molar-refractivity contribution in [3.05, 3.63) is 47.5 Å². The Hall–Kier alpha value is -2.30. The van der Waals surface area contributed by atoms with Crippen molar-refractivity contribution < 1.29 is 26.4 Å². The summed E-state index contributed by atoms with van der Waals surface area (Å²) in [4.78, 5) is 12.0. The molecule has 0 saturated carbocycles. The Morgan fingerprint density at radius 3 is 2.36 bits per heavy atom. The summed E-state index contributed by atoms with van der Waals surface area (Å²) in [7, 11) is -6.37. The van der Waals surface area contributed by atoms with E-state index >= 15 is 0 Å². The number of hydrogen-bond acceptors (Lipinski definition) is 6. The lowest BCUT2D eigenvalue weighted by Crippen LogP contribution is -2.30. The number of anilines is 2. The highest BCUT2D eigenvalue weighted by Gasteiger charge is 2.42. The van der Waals surface area contributed by atoms with Crippen LogP contribution in [-0.4, -0.2) is 35.6 Å². The van der Waals surface area contributed by atoms with Gasteiger partial charge in [0.05, 0.1) is 35.1 Å². The fourth-order valence-electron chi connectivity index (χ4n) is 2.81. The molecule has 28 heavy (non-hydrogen) atoms. The Bertz CT molecular complexity index is 1130. The zero-order valence-corrected chi connectivity index (χ0v) is 17.3. The van der Waals surface area contributed by atoms with E-state index in [-0.39, 0.29) is 27.8 Å². The van der Waals surface area contributed by atoms with Crippen molar-refractivity contribution in [2.24, 2.45) is 5.92 Å². The molecule has 0 spiro atoms. The maximum absolute atomic E-state index is 12.6. The number of halogens is 1. The summed E-state index contributed by atoms with van der Waals surface area (Å²) in [5.74, 6) is -1.18. The minimum atomic E-state index is -4.00. The van der Waals surface area contributed by atoms with Gasteiger partial charge in [0.2, 0.25) is 15.9 Å². The number of benzene rings is 2. The molecule has 2 aromatic rings. The minimum absolute atomic E-state index is 0.0913. The SMILES string of the molecule is COc1ccc(Cl)cc1NS(=O)(=O)c1ccc(N2C(=O)[C@@H](C)CS2(=O)=O)cc1. The average molecular weight is 445 g/mol. The van der Waals surface area contributed by atoms with E-state index in [0.29, 0.717) is 9.33 Å². The van der Waals surface area contributed by atoms with Crippen LogP contribution < -0.4 is 13.8 Å². The molecule has 1 atom stereocenters. The van der Waals surface area contributed by atoms with Crippen molar-refractivity contribution >= 4 is 48.9 Å². The number of ether oxygens (including phenoxy) is 1. The van der Waals surface area contributed by atoms with E-state index < -0.39 is 31.9 Å². The van der Waals surface area contributed by atoms with Gasteiger partial charge in [-0.2, -0.15) is 0 Å². The van der Waals surface area contributed by atoms with Crippen LogP contribution in [0, 0.1) is 5.92 Å². The fraction of sp³-hybridized carbons (Fsp3) is 0.235. The molecule has 8 nitrogen and oxygen atoms in total. The summed E-state index contributed by atoms with van der Waals surface area (Å²) in [6.07, 6.45) is 0. The van der Waals surface area contributed by atoms with Gasteiger partial charge in [-0.05, 0) is 42.5 Å². The molecule has 1 saturated heterocycles. The van der Waals surface area contributed by atoms with Crippen molar-refractivity contribution in [3.63, 3.8) is 0 Å². The lowest BCUT2D eigenvalue weighted by Gasteiger charge is -2.16. The minimum Gasteiger partial charge on any atom is -0.495 e. The normalized spacial score (nSPS) is 18.9. The van der Waals surface area contributed by atoms with Gasteiger partial charge in [-0.3, -0.25) is 9.52 Å². The number of nitrogens with one attached hydrogen (secondary N) is 1. The first-order chi connectivity index (χ1) is 13.0. The van der Waals surface area contributed by atoms with Gasteiger partial charge in [0.15, 0.2) is 0 Å². The quantitative estimate of drug-likeness (QED) is 0.758. The van der Waals surface area contributed by atoms with Crippen LogP contribution in [0.2, 0.25) is 5.02 Å². The first-order valence-corrected chi connectivity index (χ1v) is 11.6. The average Bonchev–Trinajstić information content (AvgIpc) is 2.82. The van der Waals surface area contributed by atoms with E-state index in [1.165, 1.54) is 50.4 Å². The molecule has 1 aliphatic rings. The van der Waals surface area contributed by atoms with Crippen molar-refractivity contribution in [2.75, 3.05) is 21.9 Å². The number of methoxy groups -OCH3 is 1. The number of amides is 1. The first-order valence-electron chi connectivity index (χ1n) is 8.08. The van der Waals surface area contributed by atoms with Gasteiger partial charge in [0.1, 0.15) is 5.75 Å². The third-order valence-corrected chi connectivity index (χ3v) is 7.63. The summed E-state index contributed by atoms with van der Waals surface area (Å²) in [6.45, 7) is 1.53. The summed E-state index contributed by atoms with van der Waals surface area (Å²) in [5, 5.41) is 0.320. The molecule has 1 N–H and O–H groups in total. The van der Waals surface area contributed by atoms with Crippen LogP contribution in [0.4, 0.5) is 11.4 Å². The molecular formula is C17H17ClN2O6S2. The summed E-state index contributed by atoms with van der Waals surface area (Å²) < 4.78 is 57.8. The number of sulfonamides is 2. The van der Waals surface area contributed by atoms with Crippen LogP contribution in [-0.2, 0) is 24.8 Å². The van der Waals surface area contributed by atoms with E-state index in [1.54, 1.807) is 6.07 Å². The van der Waals surface area contributed by atoms with Crippen LogP contribution in [0.25, 0.3) is 0 Å². The van der Waals surface area contributed by atoms with Gasteiger partial charge in [-0.1, -0.05) is 18.5 Å². The largest absolute Gasteiger partial charge is 0.495 e. The van der Waals surface area contributed by atoms with E-state index in [1.807, 2.05) is 0 Å². The monoisotopic (exact) mass is 444 g/mol. The molecular weight excluding hydrogens is 428 g/mol. The molecule has 1 aliphatic heterocycles. The third-order valence-electron chi connectivity index (χ3n) is 4.15.